The highest BCUT2D eigenvalue weighted by Gasteiger charge is 2.24. The fraction of sp³-hybridized carbons (Fsp3) is 0.571. The van der Waals surface area contributed by atoms with Gasteiger partial charge in [0.15, 0.2) is 0 Å². The molecule has 0 spiro atoms. The summed E-state index contributed by atoms with van der Waals surface area (Å²) in [7, 11) is -1.64. The highest BCUT2D eigenvalue weighted by atomic mass is 32.2. The van der Waals surface area contributed by atoms with E-state index in [1.807, 2.05) is 46.9 Å². The second-order valence-corrected chi connectivity index (χ2v) is 7.33. The van der Waals surface area contributed by atoms with Crippen molar-refractivity contribution < 1.29 is 8.42 Å². The minimum absolute atomic E-state index is 0.387. The predicted molar refractivity (Wildman–Crippen MR) is 78.7 cm³/mol. The molecule has 5 heteroatoms. The average Bonchev–Trinajstić information content (AvgIpc) is 2.26. The van der Waals surface area contributed by atoms with E-state index in [1.54, 1.807) is 6.07 Å². The Balaban J connectivity index is 3.26. The largest absolute Gasteiger partial charge is 0.316 e. The van der Waals surface area contributed by atoms with E-state index in [-0.39, 0.29) is 0 Å². The summed E-state index contributed by atoms with van der Waals surface area (Å²) in [6, 6.07) is 5.61. The van der Waals surface area contributed by atoms with Crippen LogP contribution in [-0.4, -0.2) is 21.0 Å². The Kier molecular flexibility index (Phi) is 5.12. The Bertz CT molecular complexity index is 531. The van der Waals surface area contributed by atoms with Gasteiger partial charge in [0.1, 0.15) is 0 Å². The normalized spacial score (nSPS) is 12.7. The van der Waals surface area contributed by atoms with Crippen molar-refractivity contribution in [2.24, 2.45) is 0 Å². The molecular formula is C14H24N2O2S. The molecule has 0 saturated heterocycles. The number of benzene rings is 1. The molecule has 1 rings (SSSR count). The maximum atomic E-state index is 12.5. The molecule has 0 unspecified atom stereocenters. The molecule has 19 heavy (non-hydrogen) atoms. The van der Waals surface area contributed by atoms with Gasteiger partial charge in [-0.15, -0.1) is 0 Å². The third-order valence-electron chi connectivity index (χ3n) is 2.62. The molecule has 0 heterocycles. The van der Waals surface area contributed by atoms with Crippen molar-refractivity contribution in [3.8, 4) is 0 Å². The molecular weight excluding hydrogens is 260 g/mol. The quantitative estimate of drug-likeness (QED) is 0.870. The fourth-order valence-corrected chi connectivity index (χ4v) is 3.69. The van der Waals surface area contributed by atoms with Crippen molar-refractivity contribution in [2.75, 3.05) is 7.05 Å². The van der Waals surface area contributed by atoms with Gasteiger partial charge in [0.25, 0.3) is 0 Å². The van der Waals surface area contributed by atoms with Crippen LogP contribution in [0.5, 0.6) is 0 Å². The summed E-state index contributed by atoms with van der Waals surface area (Å²) in [4.78, 5) is 0.387. The second-order valence-electron chi connectivity index (χ2n) is 5.68. The molecule has 0 aliphatic heterocycles. The lowest BCUT2D eigenvalue weighted by molar-refractivity contribution is 0.491. The summed E-state index contributed by atoms with van der Waals surface area (Å²) < 4.78 is 27.6. The molecule has 0 atom stereocenters. The van der Waals surface area contributed by atoms with Crippen LogP contribution in [0.1, 0.15) is 38.8 Å². The molecule has 0 bridgehead atoms. The van der Waals surface area contributed by atoms with E-state index < -0.39 is 15.6 Å². The Morgan fingerprint density at radius 1 is 1.21 bits per heavy atom. The first-order valence-electron chi connectivity index (χ1n) is 6.50. The third kappa shape index (κ3) is 4.60. The van der Waals surface area contributed by atoms with Gasteiger partial charge in [-0.25, -0.2) is 13.1 Å². The summed E-state index contributed by atoms with van der Waals surface area (Å²) in [6.07, 6.45) is 0.695. The van der Waals surface area contributed by atoms with Crippen molar-refractivity contribution in [2.45, 2.75) is 51.1 Å². The number of rotatable bonds is 5. The average molecular weight is 284 g/mol. The van der Waals surface area contributed by atoms with Crippen molar-refractivity contribution in [3.63, 3.8) is 0 Å². The summed E-state index contributed by atoms with van der Waals surface area (Å²) in [5.74, 6) is 0. The van der Waals surface area contributed by atoms with E-state index >= 15 is 0 Å². The van der Waals surface area contributed by atoms with Gasteiger partial charge in [0, 0.05) is 12.1 Å². The third-order valence-corrected chi connectivity index (χ3v) is 4.46. The van der Waals surface area contributed by atoms with Crippen LogP contribution in [-0.2, 0) is 23.0 Å². The van der Waals surface area contributed by atoms with E-state index in [1.165, 1.54) is 0 Å². The minimum atomic E-state index is -3.48. The van der Waals surface area contributed by atoms with Crippen molar-refractivity contribution in [1.82, 2.24) is 10.0 Å². The second kappa shape index (κ2) is 6.03. The summed E-state index contributed by atoms with van der Waals surface area (Å²) in [5.41, 5.74) is 1.33. The molecule has 1 aromatic carbocycles. The molecule has 4 nitrogen and oxygen atoms in total. The van der Waals surface area contributed by atoms with E-state index in [9.17, 15) is 8.42 Å². The molecule has 0 saturated carbocycles. The predicted octanol–water partition coefficient (Wildman–Crippen LogP) is 2.05. The van der Waals surface area contributed by atoms with Gasteiger partial charge >= 0.3 is 0 Å². The van der Waals surface area contributed by atoms with Gasteiger partial charge in [0.05, 0.1) is 4.90 Å². The first-order valence-corrected chi connectivity index (χ1v) is 7.98. The zero-order valence-corrected chi connectivity index (χ0v) is 13.2. The minimum Gasteiger partial charge on any atom is -0.316 e. The molecule has 0 aliphatic carbocycles. The zero-order valence-electron chi connectivity index (χ0n) is 12.4. The monoisotopic (exact) mass is 284 g/mol. The van der Waals surface area contributed by atoms with Gasteiger partial charge in [-0.3, -0.25) is 0 Å². The summed E-state index contributed by atoms with van der Waals surface area (Å²) >= 11 is 0. The Morgan fingerprint density at radius 2 is 1.84 bits per heavy atom. The Hall–Kier alpha value is -0.910. The van der Waals surface area contributed by atoms with E-state index in [0.29, 0.717) is 17.9 Å². The summed E-state index contributed by atoms with van der Waals surface area (Å²) in [6.45, 7) is 8.14. The lowest BCUT2D eigenvalue weighted by Gasteiger charge is -2.22. The number of hydrogen-bond donors (Lipinski definition) is 2. The van der Waals surface area contributed by atoms with Gasteiger partial charge in [-0.2, -0.15) is 0 Å². The molecule has 0 aliphatic rings. The number of hydrogen-bond acceptors (Lipinski definition) is 3. The Labute approximate surface area is 116 Å². The maximum absolute atomic E-state index is 12.5. The smallest absolute Gasteiger partial charge is 0.241 e. The van der Waals surface area contributed by atoms with Gasteiger partial charge in [0.2, 0.25) is 10.0 Å². The van der Waals surface area contributed by atoms with Crippen LogP contribution in [0.3, 0.4) is 0 Å². The zero-order chi connectivity index (χ0) is 14.7. The van der Waals surface area contributed by atoms with Crippen molar-refractivity contribution >= 4 is 10.0 Å². The lowest BCUT2D eigenvalue weighted by atomic mass is 10.1. The van der Waals surface area contributed by atoms with E-state index in [2.05, 4.69) is 10.0 Å². The first kappa shape index (κ1) is 16.1. The maximum Gasteiger partial charge on any atom is 0.241 e. The standard InChI is InChI=1S/C14H24N2O2S/c1-6-12-8-7-11(10-15-5)9-13(12)19(17,18)16-14(2,3)4/h7-9,15-16H,6,10H2,1-5H3. The van der Waals surface area contributed by atoms with Crippen LogP contribution >= 0.6 is 0 Å². The van der Waals surface area contributed by atoms with Gasteiger partial charge < -0.3 is 5.32 Å². The molecule has 108 valence electrons. The van der Waals surface area contributed by atoms with E-state index in [0.717, 1.165) is 11.1 Å². The fourth-order valence-electron chi connectivity index (χ4n) is 1.91. The van der Waals surface area contributed by atoms with Crippen LogP contribution in [0.2, 0.25) is 0 Å². The van der Waals surface area contributed by atoms with Gasteiger partial charge in [-0.1, -0.05) is 19.1 Å². The topological polar surface area (TPSA) is 58.2 Å². The van der Waals surface area contributed by atoms with Gasteiger partial charge in [-0.05, 0) is 51.4 Å². The van der Waals surface area contributed by atoms with Crippen molar-refractivity contribution in [1.29, 1.82) is 0 Å². The van der Waals surface area contributed by atoms with Crippen LogP contribution in [0.4, 0.5) is 0 Å². The highest BCUT2D eigenvalue weighted by Crippen LogP contribution is 2.20. The van der Waals surface area contributed by atoms with Crippen molar-refractivity contribution in [3.05, 3.63) is 29.3 Å². The van der Waals surface area contributed by atoms with Crippen LogP contribution in [0.15, 0.2) is 23.1 Å². The lowest BCUT2D eigenvalue weighted by Crippen LogP contribution is -2.40. The molecule has 1 aromatic rings. The van der Waals surface area contributed by atoms with Crippen LogP contribution in [0.25, 0.3) is 0 Å². The molecule has 0 fully saturated rings. The number of aryl methyl sites for hydroxylation is 1. The van der Waals surface area contributed by atoms with E-state index in [4.69, 9.17) is 0 Å². The molecule has 0 radical (unpaired) electrons. The van der Waals surface area contributed by atoms with Crippen LogP contribution < -0.4 is 10.0 Å². The van der Waals surface area contributed by atoms with Crippen LogP contribution in [0, 0.1) is 0 Å². The SMILES string of the molecule is CCc1ccc(CNC)cc1S(=O)(=O)NC(C)(C)C. The number of sulfonamides is 1. The highest BCUT2D eigenvalue weighted by molar-refractivity contribution is 7.89. The molecule has 2 N–H and O–H groups in total. The summed E-state index contributed by atoms with van der Waals surface area (Å²) in [5, 5.41) is 3.03. The molecule has 0 aromatic heterocycles. The first-order chi connectivity index (χ1) is 8.69. The number of nitrogens with one attached hydrogen (secondary N) is 2. The Morgan fingerprint density at radius 3 is 2.32 bits per heavy atom. The molecule has 0 amide bonds.